The van der Waals surface area contributed by atoms with Crippen molar-refractivity contribution in [1.29, 1.82) is 0 Å². The lowest BCUT2D eigenvalue weighted by atomic mass is 10.1. The lowest BCUT2D eigenvalue weighted by Gasteiger charge is -2.09. The molecule has 1 N–H and O–H groups in total. The van der Waals surface area contributed by atoms with Crippen LogP contribution in [-0.2, 0) is 6.61 Å². The third-order valence-electron chi connectivity index (χ3n) is 6.40. The summed E-state index contributed by atoms with van der Waals surface area (Å²) in [7, 11) is 1.65. The van der Waals surface area contributed by atoms with Crippen LogP contribution in [0.15, 0.2) is 104 Å². The molecule has 40 heavy (non-hydrogen) atoms. The molecule has 0 unspecified atom stereocenters. The molecule has 0 aliphatic heterocycles. The molecule has 196 valence electrons. The zero-order valence-corrected chi connectivity index (χ0v) is 21.9. The summed E-state index contributed by atoms with van der Waals surface area (Å²) >= 11 is 0. The van der Waals surface area contributed by atoms with E-state index in [1.54, 1.807) is 19.5 Å². The van der Waals surface area contributed by atoms with E-state index >= 15 is 0 Å². The Hall–Kier alpha value is -5.43. The van der Waals surface area contributed by atoms with E-state index in [-0.39, 0.29) is 0 Å². The summed E-state index contributed by atoms with van der Waals surface area (Å²) < 4.78 is 13.4. The number of fused-ring (bicyclic) bond motifs is 1. The van der Waals surface area contributed by atoms with E-state index in [9.17, 15) is 0 Å². The fourth-order valence-corrected chi connectivity index (χ4v) is 4.36. The molecule has 0 bridgehead atoms. The lowest BCUT2D eigenvalue weighted by molar-refractivity contribution is 0.299. The molecule has 7 heteroatoms. The Morgan fingerprint density at radius 3 is 2.55 bits per heavy atom. The second-order valence-corrected chi connectivity index (χ2v) is 9.10. The van der Waals surface area contributed by atoms with Gasteiger partial charge in [0.15, 0.2) is 5.82 Å². The molecule has 0 saturated heterocycles. The number of nitrogens with one attached hydrogen (secondary N) is 1. The lowest BCUT2D eigenvalue weighted by Crippen LogP contribution is -2.01. The Labute approximate surface area is 232 Å². The topological polar surface area (TPSA) is 77.9 Å². The number of rotatable bonds is 9. The van der Waals surface area contributed by atoms with Crippen molar-refractivity contribution in [3.8, 4) is 17.3 Å². The molecule has 0 saturated carbocycles. The molecule has 4 aromatic heterocycles. The number of hydrogen-bond donors (Lipinski definition) is 1. The fourth-order valence-electron chi connectivity index (χ4n) is 4.36. The first-order valence-corrected chi connectivity index (χ1v) is 12.9. The monoisotopic (exact) mass is 525 g/mol. The highest BCUT2D eigenvalue weighted by atomic mass is 16.5. The number of methoxy groups -OCH3 is 1. The van der Waals surface area contributed by atoms with Crippen molar-refractivity contribution < 1.29 is 9.47 Å². The van der Waals surface area contributed by atoms with Gasteiger partial charge in [0, 0.05) is 35.7 Å². The Balaban J connectivity index is 1.25. The van der Waals surface area contributed by atoms with E-state index in [4.69, 9.17) is 14.6 Å². The maximum atomic E-state index is 5.90. The second kappa shape index (κ2) is 11.5. The predicted octanol–water partition coefficient (Wildman–Crippen LogP) is 7.07. The number of nitrogens with zero attached hydrogens (tertiary/aromatic N) is 4. The van der Waals surface area contributed by atoms with Gasteiger partial charge < -0.3 is 14.5 Å². The molecule has 0 aliphatic carbocycles. The van der Waals surface area contributed by atoms with E-state index in [0.717, 1.165) is 39.5 Å². The summed E-state index contributed by atoms with van der Waals surface area (Å²) in [5.41, 5.74) is 5.68. The SMILES string of the molecule is COc1cc(OCc2ccccn2)ccc1/C=C/c1cc(/C=C/c2ccc3cc[nH]c3c2)n(-c2ccccn2)n1. The number of ether oxygens (including phenoxy) is 2. The van der Waals surface area contributed by atoms with Crippen LogP contribution in [0.4, 0.5) is 0 Å². The van der Waals surface area contributed by atoms with Crippen LogP contribution in [-0.4, -0.2) is 31.8 Å². The quantitative estimate of drug-likeness (QED) is 0.218. The van der Waals surface area contributed by atoms with E-state index in [0.29, 0.717) is 18.1 Å². The minimum atomic E-state index is 0.388. The van der Waals surface area contributed by atoms with Crippen LogP contribution in [0.3, 0.4) is 0 Å². The molecular weight excluding hydrogens is 498 g/mol. The van der Waals surface area contributed by atoms with Crippen LogP contribution >= 0.6 is 0 Å². The molecule has 0 fully saturated rings. The number of benzene rings is 2. The molecule has 6 rings (SSSR count). The van der Waals surface area contributed by atoms with Gasteiger partial charge in [-0.25, -0.2) is 9.67 Å². The van der Waals surface area contributed by atoms with Crippen molar-refractivity contribution in [2.24, 2.45) is 0 Å². The van der Waals surface area contributed by atoms with Crippen molar-refractivity contribution in [2.75, 3.05) is 7.11 Å². The van der Waals surface area contributed by atoms with Gasteiger partial charge in [0.2, 0.25) is 0 Å². The minimum Gasteiger partial charge on any atom is -0.496 e. The molecule has 0 amide bonds. The Bertz CT molecular complexity index is 1790. The number of aromatic nitrogens is 5. The normalized spacial score (nSPS) is 11.5. The Kier molecular flexibility index (Phi) is 7.17. The van der Waals surface area contributed by atoms with E-state index in [2.05, 4.69) is 51.4 Å². The first-order valence-electron chi connectivity index (χ1n) is 12.9. The highest BCUT2D eigenvalue weighted by molar-refractivity contribution is 5.83. The number of H-pyrrole nitrogens is 1. The van der Waals surface area contributed by atoms with Gasteiger partial charge in [0.05, 0.1) is 24.2 Å². The number of aromatic amines is 1. The van der Waals surface area contributed by atoms with Crippen molar-refractivity contribution >= 4 is 35.2 Å². The maximum absolute atomic E-state index is 5.90. The summed E-state index contributed by atoms with van der Waals surface area (Å²) in [5, 5.41) is 6.01. The van der Waals surface area contributed by atoms with Crippen LogP contribution < -0.4 is 9.47 Å². The van der Waals surface area contributed by atoms with Crippen LogP contribution in [0.25, 0.3) is 41.0 Å². The van der Waals surface area contributed by atoms with E-state index in [1.165, 1.54) is 5.39 Å². The molecule has 0 spiro atoms. The van der Waals surface area contributed by atoms with Crippen LogP contribution in [0.2, 0.25) is 0 Å². The molecule has 6 aromatic rings. The number of hydrogen-bond acceptors (Lipinski definition) is 5. The average Bonchev–Trinajstić information content (AvgIpc) is 3.66. The second-order valence-electron chi connectivity index (χ2n) is 9.10. The van der Waals surface area contributed by atoms with E-state index < -0.39 is 0 Å². The highest BCUT2D eigenvalue weighted by Crippen LogP contribution is 2.27. The zero-order valence-electron chi connectivity index (χ0n) is 21.9. The van der Waals surface area contributed by atoms with Crippen LogP contribution in [0, 0.1) is 0 Å². The fraction of sp³-hybridized carbons (Fsp3) is 0.0606. The molecule has 0 radical (unpaired) electrons. The van der Waals surface area contributed by atoms with Crippen molar-refractivity contribution in [3.63, 3.8) is 0 Å². The largest absolute Gasteiger partial charge is 0.496 e. The molecular formula is C33H27N5O2. The average molecular weight is 526 g/mol. The first-order chi connectivity index (χ1) is 19.7. The Morgan fingerprint density at radius 1 is 0.825 bits per heavy atom. The standard InChI is InChI=1S/C33H27N5O2/c1-39-32-22-30(40-23-28-6-2-4-17-34-28)15-12-26(32)11-13-27-21-29(38(37-27)33-7-3-5-18-36-33)14-9-24-8-10-25-16-19-35-31(25)20-24/h2-22,35H,23H2,1H3/b13-11+,14-9+. The van der Waals surface area contributed by atoms with Crippen LogP contribution in [0.1, 0.15) is 28.2 Å². The summed E-state index contributed by atoms with van der Waals surface area (Å²) in [4.78, 5) is 12.1. The first kappa shape index (κ1) is 24.9. The van der Waals surface area contributed by atoms with Gasteiger partial charge >= 0.3 is 0 Å². The number of pyridine rings is 2. The molecule has 4 heterocycles. The predicted molar refractivity (Wildman–Crippen MR) is 159 cm³/mol. The van der Waals surface area contributed by atoms with Gasteiger partial charge in [-0.2, -0.15) is 5.10 Å². The van der Waals surface area contributed by atoms with Crippen molar-refractivity contribution in [2.45, 2.75) is 6.61 Å². The third-order valence-corrected chi connectivity index (χ3v) is 6.40. The summed E-state index contributed by atoms with van der Waals surface area (Å²) in [5.74, 6) is 2.16. The highest BCUT2D eigenvalue weighted by Gasteiger charge is 2.09. The Morgan fingerprint density at radius 2 is 1.73 bits per heavy atom. The zero-order chi connectivity index (χ0) is 27.1. The van der Waals surface area contributed by atoms with Crippen molar-refractivity contribution in [1.82, 2.24) is 24.7 Å². The van der Waals surface area contributed by atoms with Gasteiger partial charge in [-0.3, -0.25) is 4.98 Å². The molecule has 0 atom stereocenters. The molecule has 7 nitrogen and oxygen atoms in total. The van der Waals surface area contributed by atoms with Crippen molar-refractivity contribution in [3.05, 3.63) is 132 Å². The maximum Gasteiger partial charge on any atom is 0.153 e. The summed E-state index contributed by atoms with van der Waals surface area (Å²) in [6.07, 6.45) is 13.6. The molecule has 2 aromatic carbocycles. The minimum absolute atomic E-state index is 0.388. The van der Waals surface area contributed by atoms with Gasteiger partial charge in [0.25, 0.3) is 0 Å². The van der Waals surface area contributed by atoms with Gasteiger partial charge in [-0.05, 0) is 83.8 Å². The smallest absolute Gasteiger partial charge is 0.153 e. The van der Waals surface area contributed by atoms with Gasteiger partial charge in [-0.1, -0.05) is 30.3 Å². The third kappa shape index (κ3) is 5.68. The van der Waals surface area contributed by atoms with Crippen LogP contribution in [0.5, 0.6) is 11.5 Å². The molecule has 0 aliphatic rings. The summed E-state index contributed by atoms with van der Waals surface area (Å²) in [6.45, 7) is 0.388. The van der Waals surface area contributed by atoms with Gasteiger partial charge in [0.1, 0.15) is 18.1 Å². The summed E-state index contributed by atoms with van der Waals surface area (Å²) in [6, 6.07) is 27.8. The van der Waals surface area contributed by atoms with Gasteiger partial charge in [-0.15, -0.1) is 0 Å². The van der Waals surface area contributed by atoms with E-state index in [1.807, 2.05) is 83.7 Å².